The van der Waals surface area contributed by atoms with Crippen LogP contribution in [0.4, 0.5) is 0 Å². The Bertz CT molecular complexity index is 2640. The maximum atomic E-state index is 5.11. The first-order valence-electron chi connectivity index (χ1n) is 14.8. The van der Waals surface area contributed by atoms with Gasteiger partial charge in [0, 0.05) is 21.5 Å². The second-order valence-corrected chi connectivity index (χ2v) is 11.4. The molecule has 0 aliphatic heterocycles. The molecule has 2 heterocycles. The summed E-state index contributed by atoms with van der Waals surface area (Å²) in [7, 11) is 0. The van der Waals surface area contributed by atoms with Crippen molar-refractivity contribution in [3.8, 4) is 11.1 Å². The molecular weight excluding hydrogens is 536 g/mol. The first-order valence-corrected chi connectivity index (χ1v) is 14.8. The van der Waals surface area contributed by atoms with Crippen molar-refractivity contribution >= 4 is 87.2 Å². The fourth-order valence-electron chi connectivity index (χ4n) is 6.91. The molecule has 4 nitrogen and oxygen atoms in total. The largest absolute Gasteiger partial charge is 0.244 e. The number of para-hydroxylation sites is 4. The molecule has 2 aromatic heterocycles. The summed E-state index contributed by atoms with van der Waals surface area (Å²) in [5.74, 6) is 0. The minimum atomic E-state index is 0.908. The van der Waals surface area contributed by atoms with Gasteiger partial charge in [0.15, 0.2) is 0 Å². The van der Waals surface area contributed by atoms with E-state index in [0.717, 1.165) is 76.8 Å². The van der Waals surface area contributed by atoms with Crippen LogP contribution in [-0.4, -0.2) is 19.9 Å². The van der Waals surface area contributed by atoms with Crippen LogP contribution in [0.25, 0.3) is 98.4 Å². The van der Waals surface area contributed by atoms with Crippen molar-refractivity contribution in [2.45, 2.75) is 0 Å². The minimum absolute atomic E-state index is 0.908. The fourth-order valence-corrected chi connectivity index (χ4v) is 6.91. The van der Waals surface area contributed by atoms with Crippen LogP contribution >= 0.6 is 0 Å². The maximum Gasteiger partial charge on any atom is 0.0979 e. The molecule has 0 bridgehead atoms. The molecule has 0 aliphatic rings. The van der Waals surface area contributed by atoms with E-state index < -0.39 is 0 Å². The van der Waals surface area contributed by atoms with Crippen molar-refractivity contribution in [3.05, 3.63) is 133 Å². The van der Waals surface area contributed by atoms with Gasteiger partial charge in [-0.1, -0.05) is 97.1 Å². The molecular formula is C40H22N4. The molecule has 10 aromatic rings. The number of hydrogen-bond donors (Lipinski definition) is 0. The SMILES string of the molecule is c1ccc2nc3c4ccc(-c5ccc6c(c5)c5ccccc5c5nc7ccccc7nc65)cc4c4ccccc4c3nc2c1. The Morgan fingerprint density at radius 3 is 0.909 bits per heavy atom. The highest BCUT2D eigenvalue weighted by molar-refractivity contribution is 6.26. The van der Waals surface area contributed by atoms with Gasteiger partial charge >= 0.3 is 0 Å². The molecule has 44 heavy (non-hydrogen) atoms. The van der Waals surface area contributed by atoms with Gasteiger partial charge in [0.05, 0.1) is 44.1 Å². The molecule has 0 spiro atoms. The maximum absolute atomic E-state index is 5.11. The molecule has 0 unspecified atom stereocenters. The monoisotopic (exact) mass is 558 g/mol. The predicted octanol–water partition coefficient (Wildman–Crippen LogP) is 10.2. The molecule has 0 N–H and O–H groups in total. The number of benzene rings is 8. The lowest BCUT2D eigenvalue weighted by Gasteiger charge is -2.13. The third-order valence-electron chi connectivity index (χ3n) is 8.97. The van der Waals surface area contributed by atoms with Gasteiger partial charge < -0.3 is 0 Å². The van der Waals surface area contributed by atoms with E-state index in [1.54, 1.807) is 0 Å². The van der Waals surface area contributed by atoms with Crippen LogP contribution in [0.5, 0.6) is 0 Å². The van der Waals surface area contributed by atoms with E-state index in [4.69, 9.17) is 19.9 Å². The molecule has 10 rings (SSSR count). The summed E-state index contributed by atoms with van der Waals surface area (Å²) in [6.45, 7) is 0. The predicted molar refractivity (Wildman–Crippen MR) is 183 cm³/mol. The first kappa shape index (κ1) is 23.6. The highest BCUT2D eigenvalue weighted by Crippen LogP contribution is 2.39. The Labute approximate surface area is 251 Å². The molecule has 0 saturated heterocycles. The Balaban J connectivity index is 1.26. The zero-order valence-electron chi connectivity index (χ0n) is 23.5. The molecule has 0 fully saturated rings. The smallest absolute Gasteiger partial charge is 0.0979 e. The third kappa shape index (κ3) is 3.28. The van der Waals surface area contributed by atoms with E-state index in [-0.39, 0.29) is 0 Å². The summed E-state index contributed by atoms with van der Waals surface area (Å²) in [5, 5.41) is 9.17. The lowest BCUT2D eigenvalue weighted by atomic mass is 9.93. The quantitative estimate of drug-likeness (QED) is 0.149. The van der Waals surface area contributed by atoms with E-state index in [2.05, 4.69) is 84.9 Å². The second-order valence-electron chi connectivity index (χ2n) is 11.4. The summed E-state index contributed by atoms with van der Waals surface area (Å²) in [5.41, 5.74) is 9.71. The van der Waals surface area contributed by atoms with E-state index in [0.29, 0.717) is 0 Å². The van der Waals surface area contributed by atoms with Gasteiger partial charge in [-0.3, -0.25) is 0 Å². The lowest BCUT2D eigenvalue weighted by molar-refractivity contribution is 1.42. The van der Waals surface area contributed by atoms with Crippen molar-refractivity contribution in [1.29, 1.82) is 0 Å². The van der Waals surface area contributed by atoms with Crippen molar-refractivity contribution in [1.82, 2.24) is 19.9 Å². The number of rotatable bonds is 1. The highest BCUT2D eigenvalue weighted by atomic mass is 14.8. The normalized spacial score (nSPS) is 12.1. The molecule has 0 aliphatic carbocycles. The molecule has 0 radical (unpaired) electrons. The van der Waals surface area contributed by atoms with Crippen LogP contribution in [0.15, 0.2) is 133 Å². The summed E-state index contributed by atoms with van der Waals surface area (Å²) in [4.78, 5) is 20.4. The van der Waals surface area contributed by atoms with E-state index in [1.165, 1.54) is 21.5 Å². The summed E-state index contributed by atoms with van der Waals surface area (Å²) >= 11 is 0. The van der Waals surface area contributed by atoms with Crippen LogP contribution in [0.1, 0.15) is 0 Å². The number of fused-ring (bicyclic) bond motifs is 14. The van der Waals surface area contributed by atoms with E-state index >= 15 is 0 Å². The van der Waals surface area contributed by atoms with Gasteiger partial charge in [0.25, 0.3) is 0 Å². The van der Waals surface area contributed by atoms with Crippen molar-refractivity contribution in [2.24, 2.45) is 0 Å². The highest BCUT2D eigenvalue weighted by Gasteiger charge is 2.16. The van der Waals surface area contributed by atoms with Gasteiger partial charge in [0.2, 0.25) is 0 Å². The van der Waals surface area contributed by atoms with Gasteiger partial charge in [-0.25, -0.2) is 19.9 Å². The van der Waals surface area contributed by atoms with Crippen LogP contribution in [0.2, 0.25) is 0 Å². The number of aromatic nitrogens is 4. The minimum Gasteiger partial charge on any atom is -0.244 e. The second kappa shape index (κ2) is 8.76. The van der Waals surface area contributed by atoms with Crippen molar-refractivity contribution < 1.29 is 0 Å². The van der Waals surface area contributed by atoms with Gasteiger partial charge in [0.1, 0.15) is 0 Å². The Kier molecular flexibility index (Phi) is 4.69. The summed E-state index contributed by atoms with van der Waals surface area (Å²) in [6.07, 6.45) is 0. The number of nitrogens with zero attached hydrogens (tertiary/aromatic N) is 4. The summed E-state index contributed by atoms with van der Waals surface area (Å²) in [6, 6.07) is 46.8. The van der Waals surface area contributed by atoms with Crippen LogP contribution in [0.3, 0.4) is 0 Å². The van der Waals surface area contributed by atoms with Crippen molar-refractivity contribution in [2.75, 3.05) is 0 Å². The van der Waals surface area contributed by atoms with Crippen LogP contribution in [0, 0.1) is 0 Å². The summed E-state index contributed by atoms with van der Waals surface area (Å²) < 4.78 is 0. The molecule has 4 heteroatoms. The topological polar surface area (TPSA) is 51.6 Å². The fraction of sp³-hybridized carbons (Fsp3) is 0. The molecule has 202 valence electrons. The van der Waals surface area contributed by atoms with E-state index in [1.807, 2.05) is 48.5 Å². The number of hydrogen-bond acceptors (Lipinski definition) is 4. The zero-order valence-corrected chi connectivity index (χ0v) is 23.5. The lowest BCUT2D eigenvalue weighted by Crippen LogP contribution is -1.92. The average molecular weight is 559 g/mol. The van der Waals surface area contributed by atoms with Crippen LogP contribution in [-0.2, 0) is 0 Å². The van der Waals surface area contributed by atoms with Gasteiger partial charge in [-0.15, -0.1) is 0 Å². The molecule has 8 aromatic carbocycles. The third-order valence-corrected chi connectivity index (χ3v) is 8.97. The van der Waals surface area contributed by atoms with Crippen molar-refractivity contribution in [3.63, 3.8) is 0 Å². The van der Waals surface area contributed by atoms with Gasteiger partial charge in [-0.2, -0.15) is 0 Å². The first-order chi connectivity index (χ1) is 21.8. The average Bonchev–Trinajstić information content (AvgIpc) is 3.10. The zero-order chi connectivity index (χ0) is 28.8. The molecule has 0 atom stereocenters. The van der Waals surface area contributed by atoms with Gasteiger partial charge in [-0.05, 0) is 69.1 Å². The van der Waals surface area contributed by atoms with Crippen LogP contribution < -0.4 is 0 Å². The standard InChI is InChI=1S/C40H22N4/c1-3-11-27-25(9-1)31-21-23(17-19-29(31)39-37(27)41-33-13-5-7-15-35(33)43-39)24-18-20-30-32(22-24)26-10-2-4-12-28(26)38-40(30)44-36-16-8-6-14-34(36)42-38/h1-22H. The molecule has 0 amide bonds. The van der Waals surface area contributed by atoms with E-state index in [9.17, 15) is 0 Å². The molecule has 0 saturated carbocycles. The Morgan fingerprint density at radius 1 is 0.250 bits per heavy atom. The Hall–Kier alpha value is -6.00. The Morgan fingerprint density at radius 2 is 0.545 bits per heavy atom.